The summed E-state index contributed by atoms with van der Waals surface area (Å²) in [5.41, 5.74) is 2.71. The lowest BCUT2D eigenvalue weighted by Crippen LogP contribution is -2.35. The van der Waals surface area contributed by atoms with Crippen molar-refractivity contribution in [3.8, 4) is 11.4 Å². The van der Waals surface area contributed by atoms with E-state index in [-0.39, 0.29) is 18.2 Å². The molecule has 1 aromatic heterocycles. The van der Waals surface area contributed by atoms with Gasteiger partial charge in [-0.1, -0.05) is 29.8 Å². The average molecular weight is 561 g/mol. The molecule has 1 aliphatic carbocycles. The monoisotopic (exact) mass is 560 g/mol. The molecule has 11 heteroatoms. The topological polar surface area (TPSA) is 69.5 Å². The molecule has 7 nitrogen and oxygen atoms in total. The molecular weight excluding hydrogens is 533 g/mol. The number of allylic oxidation sites excluding steroid dienone is 2. The minimum absolute atomic E-state index is 0.0289. The van der Waals surface area contributed by atoms with E-state index in [0.717, 1.165) is 29.1 Å². The van der Waals surface area contributed by atoms with Crippen molar-refractivity contribution in [1.82, 2.24) is 19.7 Å². The molecule has 2 aliphatic rings. The Kier molecular flexibility index (Phi) is 7.09. The average Bonchev–Trinajstić information content (AvgIpc) is 3.18. The molecule has 0 bridgehead atoms. The number of rotatable bonds is 3. The molecule has 206 valence electrons. The Bertz CT molecular complexity index is 1430. The molecule has 39 heavy (non-hydrogen) atoms. The molecular formula is C28H28ClF3N4O3. The van der Waals surface area contributed by atoms with E-state index < -0.39 is 18.1 Å². The fraction of sp³-hybridized carbons (Fsp3) is 0.393. The predicted molar refractivity (Wildman–Crippen MR) is 140 cm³/mol. The number of halogens is 4. The van der Waals surface area contributed by atoms with Crippen molar-refractivity contribution >= 4 is 23.3 Å². The van der Waals surface area contributed by atoms with Gasteiger partial charge in [0.1, 0.15) is 17.2 Å². The molecule has 2 aromatic carbocycles. The summed E-state index contributed by atoms with van der Waals surface area (Å²) < 4.78 is 49.7. The molecule has 1 aliphatic heterocycles. The van der Waals surface area contributed by atoms with Crippen molar-refractivity contribution in [2.24, 2.45) is 0 Å². The number of hydrogen-bond donors (Lipinski definition) is 0. The zero-order valence-electron chi connectivity index (χ0n) is 21.8. The lowest BCUT2D eigenvalue weighted by molar-refractivity contribution is -0.274. The maximum atomic E-state index is 13.0. The molecule has 0 radical (unpaired) electrons. The van der Waals surface area contributed by atoms with Crippen LogP contribution in [-0.2, 0) is 17.8 Å². The second kappa shape index (κ2) is 10.2. The quantitative estimate of drug-likeness (QED) is 0.333. The Morgan fingerprint density at radius 3 is 2.56 bits per heavy atom. The van der Waals surface area contributed by atoms with Crippen LogP contribution in [0, 0.1) is 0 Å². The van der Waals surface area contributed by atoms with Crippen molar-refractivity contribution in [3.63, 3.8) is 0 Å². The number of benzene rings is 2. The van der Waals surface area contributed by atoms with Gasteiger partial charge in [0.25, 0.3) is 0 Å². The molecule has 1 unspecified atom stereocenters. The van der Waals surface area contributed by atoms with E-state index in [0.29, 0.717) is 35.8 Å². The Morgan fingerprint density at radius 2 is 1.87 bits per heavy atom. The van der Waals surface area contributed by atoms with Gasteiger partial charge in [0.2, 0.25) is 0 Å². The first-order chi connectivity index (χ1) is 18.4. The van der Waals surface area contributed by atoms with Crippen LogP contribution >= 0.6 is 11.6 Å². The Balaban J connectivity index is 1.43. The number of ether oxygens (including phenoxy) is 2. The van der Waals surface area contributed by atoms with E-state index in [1.807, 2.05) is 43.5 Å². The first-order valence-corrected chi connectivity index (χ1v) is 13.0. The van der Waals surface area contributed by atoms with Crippen molar-refractivity contribution in [1.29, 1.82) is 0 Å². The summed E-state index contributed by atoms with van der Waals surface area (Å²) in [4.78, 5) is 14.6. The molecule has 3 aromatic rings. The smallest absolute Gasteiger partial charge is 0.444 e. The van der Waals surface area contributed by atoms with Crippen LogP contribution in [0.4, 0.5) is 18.0 Å². The van der Waals surface area contributed by atoms with Crippen molar-refractivity contribution < 1.29 is 27.4 Å². The molecule has 0 N–H and O–H groups in total. The number of fused-ring (bicyclic) bond motifs is 3. The highest BCUT2D eigenvalue weighted by atomic mass is 35.5. The zero-order valence-corrected chi connectivity index (χ0v) is 22.5. The van der Waals surface area contributed by atoms with Gasteiger partial charge in [0, 0.05) is 10.9 Å². The fourth-order valence-corrected chi connectivity index (χ4v) is 5.16. The SMILES string of the molecule is CC(C)(C)OC(=O)N1Cc2cc(Cl)ccc2-n2c(nnc2C2CC=C(c3cccc(OC(F)(F)F)c3)CC2)C1. The van der Waals surface area contributed by atoms with Gasteiger partial charge in [-0.15, -0.1) is 23.4 Å². The highest BCUT2D eigenvalue weighted by Crippen LogP contribution is 2.39. The molecule has 2 heterocycles. The van der Waals surface area contributed by atoms with Crippen molar-refractivity contribution in [2.45, 2.75) is 71.0 Å². The number of nitrogens with zero attached hydrogens (tertiary/aromatic N) is 4. The predicted octanol–water partition coefficient (Wildman–Crippen LogP) is 7.42. The van der Waals surface area contributed by atoms with Crippen LogP contribution in [0.5, 0.6) is 5.75 Å². The van der Waals surface area contributed by atoms with E-state index in [1.165, 1.54) is 12.1 Å². The number of alkyl halides is 3. The zero-order chi connectivity index (χ0) is 27.9. The molecule has 0 fully saturated rings. The van der Waals surface area contributed by atoms with E-state index in [9.17, 15) is 18.0 Å². The van der Waals surface area contributed by atoms with Crippen LogP contribution in [0.15, 0.2) is 48.5 Å². The first kappa shape index (κ1) is 27.1. The fourth-order valence-electron chi connectivity index (χ4n) is 4.97. The summed E-state index contributed by atoms with van der Waals surface area (Å²) >= 11 is 6.32. The standard InChI is InChI=1S/C28H28ClF3N4O3/c1-27(2,3)39-26(37)35-15-20-13-21(29)11-12-23(20)36-24(16-35)33-34-25(36)18-9-7-17(8-10-18)19-5-4-6-22(14-19)38-28(30,31)32/h4-7,11-14,18H,8-10,15-16H2,1-3H3. The third-order valence-corrected chi connectivity index (χ3v) is 6.83. The van der Waals surface area contributed by atoms with Gasteiger partial charge in [0.15, 0.2) is 5.82 Å². The second-order valence-corrected chi connectivity index (χ2v) is 11.1. The number of carbonyl (C=O) groups is 1. The van der Waals surface area contributed by atoms with Gasteiger partial charge >= 0.3 is 12.5 Å². The molecule has 1 amide bonds. The maximum Gasteiger partial charge on any atom is 0.573 e. The third-order valence-electron chi connectivity index (χ3n) is 6.60. The van der Waals surface area contributed by atoms with Crippen LogP contribution in [-0.4, -0.2) is 37.7 Å². The van der Waals surface area contributed by atoms with Gasteiger partial charge in [0.05, 0.1) is 18.8 Å². The highest BCUT2D eigenvalue weighted by molar-refractivity contribution is 6.30. The van der Waals surface area contributed by atoms with Crippen LogP contribution < -0.4 is 4.74 Å². The Hall–Kier alpha value is -3.53. The Labute approximate surface area is 229 Å². The lowest BCUT2D eigenvalue weighted by atomic mass is 9.86. The van der Waals surface area contributed by atoms with E-state index in [1.54, 1.807) is 23.1 Å². The van der Waals surface area contributed by atoms with Gasteiger partial charge in [-0.05, 0) is 87.1 Å². The minimum Gasteiger partial charge on any atom is -0.444 e. The maximum absolute atomic E-state index is 13.0. The molecule has 0 saturated heterocycles. The van der Waals surface area contributed by atoms with Gasteiger partial charge < -0.3 is 9.47 Å². The van der Waals surface area contributed by atoms with Crippen LogP contribution in [0.1, 0.15) is 68.7 Å². The summed E-state index contributed by atoms with van der Waals surface area (Å²) in [6, 6.07) is 11.6. The van der Waals surface area contributed by atoms with E-state index in [4.69, 9.17) is 16.3 Å². The Morgan fingerprint density at radius 1 is 1.08 bits per heavy atom. The minimum atomic E-state index is -4.74. The number of aromatic nitrogens is 3. The molecule has 5 rings (SSSR count). The number of carbonyl (C=O) groups excluding carboxylic acids is 1. The van der Waals surface area contributed by atoms with E-state index in [2.05, 4.69) is 14.9 Å². The number of hydrogen-bond acceptors (Lipinski definition) is 5. The van der Waals surface area contributed by atoms with E-state index >= 15 is 0 Å². The van der Waals surface area contributed by atoms with Crippen molar-refractivity contribution in [2.75, 3.05) is 0 Å². The summed E-state index contributed by atoms with van der Waals surface area (Å²) in [6.45, 7) is 5.97. The summed E-state index contributed by atoms with van der Waals surface area (Å²) in [5, 5.41) is 9.54. The summed E-state index contributed by atoms with van der Waals surface area (Å²) in [5.74, 6) is 1.17. The highest BCUT2D eigenvalue weighted by Gasteiger charge is 2.33. The summed E-state index contributed by atoms with van der Waals surface area (Å²) in [7, 11) is 0. The van der Waals surface area contributed by atoms with Gasteiger partial charge in [-0.25, -0.2) is 4.79 Å². The van der Waals surface area contributed by atoms with Crippen LogP contribution in [0.2, 0.25) is 5.02 Å². The van der Waals surface area contributed by atoms with Crippen LogP contribution in [0.25, 0.3) is 11.3 Å². The largest absolute Gasteiger partial charge is 0.573 e. The third kappa shape index (κ3) is 6.21. The number of amides is 1. The van der Waals surface area contributed by atoms with Crippen LogP contribution in [0.3, 0.4) is 0 Å². The second-order valence-electron chi connectivity index (χ2n) is 10.7. The molecule has 0 spiro atoms. The van der Waals surface area contributed by atoms with Gasteiger partial charge in [-0.2, -0.15) is 0 Å². The van der Waals surface area contributed by atoms with Gasteiger partial charge in [-0.3, -0.25) is 9.47 Å². The molecule has 1 atom stereocenters. The van der Waals surface area contributed by atoms with Crippen molar-refractivity contribution in [3.05, 3.63) is 76.3 Å². The molecule has 0 saturated carbocycles. The normalized spacial score (nSPS) is 17.6. The summed E-state index contributed by atoms with van der Waals surface area (Å²) in [6.07, 6.45) is -1.14. The first-order valence-electron chi connectivity index (χ1n) is 12.6. The lowest BCUT2D eigenvalue weighted by Gasteiger charge is -2.26.